The lowest BCUT2D eigenvalue weighted by molar-refractivity contribution is -0.141. The highest BCUT2D eigenvalue weighted by Gasteiger charge is 2.32. The normalized spacial score (nSPS) is 11.5. The monoisotopic (exact) mass is 221 g/mol. The number of hydrogen-bond donors (Lipinski definition) is 0. The summed E-state index contributed by atoms with van der Waals surface area (Å²) in [7, 11) is 0. The maximum Gasteiger partial charge on any atom is 0.433 e. The molecule has 0 fully saturated rings. The van der Waals surface area contributed by atoms with E-state index in [-0.39, 0.29) is 5.15 Å². The molecule has 0 bridgehead atoms. The molecule has 0 amide bonds. The van der Waals surface area contributed by atoms with E-state index in [0.29, 0.717) is 11.1 Å². The predicted molar refractivity (Wildman–Crippen MR) is 49.0 cm³/mol. The molecule has 0 aliphatic heterocycles. The van der Waals surface area contributed by atoms with Crippen molar-refractivity contribution in [1.29, 1.82) is 0 Å². The lowest BCUT2D eigenvalue weighted by atomic mass is 10.1. The molecule has 0 saturated heterocycles. The second-order valence-electron chi connectivity index (χ2n) is 2.81. The Morgan fingerprint density at radius 1 is 1.43 bits per heavy atom. The predicted octanol–water partition coefficient (Wildman–Crippen LogP) is 3.79. The summed E-state index contributed by atoms with van der Waals surface area (Å²) >= 11 is 5.56. The molecule has 0 unspecified atom stereocenters. The van der Waals surface area contributed by atoms with Crippen LogP contribution in [0.15, 0.2) is 18.7 Å². The molecule has 0 N–H and O–H groups in total. The molecule has 0 aliphatic rings. The van der Waals surface area contributed by atoms with Gasteiger partial charge in [-0.3, -0.25) is 0 Å². The Kier molecular flexibility index (Phi) is 2.85. The van der Waals surface area contributed by atoms with Crippen LogP contribution in [0.25, 0.3) is 5.57 Å². The lowest BCUT2D eigenvalue weighted by Crippen LogP contribution is -2.08. The molecule has 0 radical (unpaired) electrons. The van der Waals surface area contributed by atoms with Crippen molar-refractivity contribution in [1.82, 2.24) is 4.98 Å². The van der Waals surface area contributed by atoms with Crippen LogP contribution in [0.4, 0.5) is 13.2 Å². The van der Waals surface area contributed by atoms with Crippen molar-refractivity contribution in [3.8, 4) is 0 Å². The summed E-state index contributed by atoms with van der Waals surface area (Å²) in [4.78, 5) is 3.25. The molecule has 0 spiro atoms. The lowest BCUT2D eigenvalue weighted by Gasteiger charge is -2.08. The van der Waals surface area contributed by atoms with Gasteiger partial charge >= 0.3 is 6.18 Å². The van der Waals surface area contributed by atoms with E-state index in [2.05, 4.69) is 11.6 Å². The highest BCUT2D eigenvalue weighted by Crippen LogP contribution is 2.30. The standard InChI is InChI=1S/C9H7ClF3N/c1-5(2)6-3-4-7(9(11,12)13)14-8(6)10/h3-4H,1H2,2H3. The summed E-state index contributed by atoms with van der Waals surface area (Å²) < 4.78 is 36.5. The fraction of sp³-hybridized carbons (Fsp3) is 0.222. The molecule has 1 heterocycles. The van der Waals surface area contributed by atoms with Crippen LogP contribution >= 0.6 is 11.6 Å². The molecule has 0 saturated carbocycles. The largest absolute Gasteiger partial charge is 0.433 e. The van der Waals surface area contributed by atoms with Gasteiger partial charge in [-0.15, -0.1) is 0 Å². The average molecular weight is 222 g/mol. The third kappa shape index (κ3) is 2.26. The second kappa shape index (κ2) is 3.61. The zero-order valence-corrected chi connectivity index (χ0v) is 8.08. The second-order valence-corrected chi connectivity index (χ2v) is 3.17. The molecule has 1 nitrogen and oxygen atoms in total. The van der Waals surface area contributed by atoms with Crippen LogP contribution in [0.3, 0.4) is 0 Å². The molecular weight excluding hydrogens is 215 g/mol. The highest BCUT2D eigenvalue weighted by molar-refractivity contribution is 6.31. The first-order valence-electron chi connectivity index (χ1n) is 3.72. The van der Waals surface area contributed by atoms with Crippen LogP contribution in [0.1, 0.15) is 18.2 Å². The van der Waals surface area contributed by atoms with Gasteiger partial charge in [0.1, 0.15) is 10.8 Å². The minimum atomic E-state index is -4.46. The minimum Gasteiger partial charge on any atom is -0.231 e. The Bertz CT molecular complexity index is 371. The van der Waals surface area contributed by atoms with Crippen molar-refractivity contribution in [2.75, 3.05) is 0 Å². The SMILES string of the molecule is C=C(C)c1ccc(C(F)(F)F)nc1Cl. The van der Waals surface area contributed by atoms with Gasteiger partial charge in [0, 0.05) is 5.56 Å². The first-order chi connectivity index (χ1) is 6.32. The van der Waals surface area contributed by atoms with E-state index in [4.69, 9.17) is 11.6 Å². The van der Waals surface area contributed by atoms with Gasteiger partial charge in [0.2, 0.25) is 0 Å². The Morgan fingerprint density at radius 2 is 2.00 bits per heavy atom. The van der Waals surface area contributed by atoms with Gasteiger partial charge in [0.25, 0.3) is 0 Å². The molecular formula is C9H7ClF3N. The first kappa shape index (κ1) is 11.0. The van der Waals surface area contributed by atoms with E-state index in [1.807, 2.05) is 0 Å². The Balaban J connectivity index is 3.20. The fourth-order valence-corrected chi connectivity index (χ4v) is 1.23. The topological polar surface area (TPSA) is 12.9 Å². The quantitative estimate of drug-likeness (QED) is 0.658. The molecule has 14 heavy (non-hydrogen) atoms. The van der Waals surface area contributed by atoms with Crippen molar-refractivity contribution in [2.24, 2.45) is 0 Å². The van der Waals surface area contributed by atoms with E-state index in [9.17, 15) is 13.2 Å². The molecule has 1 aromatic heterocycles. The van der Waals surface area contributed by atoms with Gasteiger partial charge in [-0.1, -0.05) is 18.2 Å². The zero-order valence-electron chi connectivity index (χ0n) is 7.32. The summed E-state index contributed by atoms with van der Waals surface area (Å²) in [5, 5.41) is -0.174. The zero-order chi connectivity index (χ0) is 10.9. The van der Waals surface area contributed by atoms with Crippen molar-refractivity contribution in [3.63, 3.8) is 0 Å². The van der Waals surface area contributed by atoms with Gasteiger partial charge in [0.15, 0.2) is 0 Å². The third-order valence-corrected chi connectivity index (χ3v) is 1.89. The Labute approximate surface area is 84.2 Å². The van der Waals surface area contributed by atoms with Gasteiger partial charge < -0.3 is 0 Å². The number of rotatable bonds is 1. The van der Waals surface area contributed by atoms with Gasteiger partial charge in [-0.25, -0.2) is 4.98 Å². The van der Waals surface area contributed by atoms with Crippen LogP contribution in [-0.4, -0.2) is 4.98 Å². The van der Waals surface area contributed by atoms with Crippen LogP contribution in [-0.2, 0) is 6.18 Å². The van der Waals surface area contributed by atoms with Crippen LogP contribution in [0.2, 0.25) is 5.15 Å². The van der Waals surface area contributed by atoms with E-state index in [1.54, 1.807) is 6.92 Å². The number of allylic oxidation sites excluding steroid dienone is 1. The minimum absolute atomic E-state index is 0.174. The van der Waals surface area contributed by atoms with Crippen LogP contribution in [0, 0.1) is 0 Å². The fourth-order valence-electron chi connectivity index (χ4n) is 0.910. The van der Waals surface area contributed by atoms with Gasteiger partial charge in [-0.2, -0.15) is 13.2 Å². The summed E-state index contributed by atoms with van der Waals surface area (Å²) in [6.45, 7) is 5.22. The van der Waals surface area contributed by atoms with E-state index in [1.165, 1.54) is 6.07 Å². The molecule has 1 rings (SSSR count). The summed E-state index contributed by atoms with van der Waals surface area (Å²) in [5.74, 6) is 0. The number of halogens is 4. The van der Waals surface area contributed by atoms with Crippen LogP contribution in [0.5, 0.6) is 0 Å². The number of aromatic nitrogens is 1. The molecule has 1 aromatic rings. The summed E-state index contributed by atoms with van der Waals surface area (Å²) in [6.07, 6.45) is -4.46. The average Bonchev–Trinajstić information content (AvgIpc) is 2.01. The van der Waals surface area contributed by atoms with Crippen LogP contribution < -0.4 is 0 Å². The third-order valence-electron chi connectivity index (χ3n) is 1.60. The Morgan fingerprint density at radius 3 is 2.36 bits per heavy atom. The summed E-state index contributed by atoms with van der Waals surface area (Å²) in [6, 6.07) is 2.15. The first-order valence-corrected chi connectivity index (χ1v) is 4.10. The molecule has 0 aliphatic carbocycles. The smallest absolute Gasteiger partial charge is 0.231 e. The number of alkyl halides is 3. The molecule has 5 heteroatoms. The van der Waals surface area contributed by atoms with Gasteiger partial charge in [0.05, 0.1) is 0 Å². The van der Waals surface area contributed by atoms with Gasteiger partial charge in [-0.05, 0) is 24.6 Å². The highest BCUT2D eigenvalue weighted by atomic mass is 35.5. The van der Waals surface area contributed by atoms with Crippen molar-refractivity contribution >= 4 is 17.2 Å². The molecule has 76 valence electrons. The number of nitrogens with zero attached hydrogens (tertiary/aromatic N) is 1. The van der Waals surface area contributed by atoms with E-state index < -0.39 is 11.9 Å². The summed E-state index contributed by atoms with van der Waals surface area (Å²) in [5.41, 5.74) is 0.0170. The number of pyridine rings is 1. The number of hydrogen-bond acceptors (Lipinski definition) is 1. The van der Waals surface area contributed by atoms with Crippen molar-refractivity contribution in [2.45, 2.75) is 13.1 Å². The molecule has 0 aromatic carbocycles. The maximum absolute atomic E-state index is 12.2. The van der Waals surface area contributed by atoms with Crippen molar-refractivity contribution < 1.29 is 13.2 Å². The van der Waals surface area contributed by atoms with E-state index >= 15 is 0 Å². The molecule has 0 atom stereocenters. The van der Waals surface area contributed by atoms with Crippen molar-refractivity contribution in [3.05, 3.63) is 35.1 Å². The Hall–Kier alpha value is -1.03. The maximum atomic E-state index is 12.2. The van der Waals surface area contributed by atoms with E-state index in [0.717, 1.165) is 6.07 Å².